The van der Waals surface area contributed by atoms with Crippen molar-refractivity contribution in [2.24, 2.45) is 4.99 Å². The zero-order valence-electron chi connectivity index (χ0n) is 9.86. The van der Waals surface area contributed by atoms with Crippen molar-refractivity contribution in [3.8, 4) is 0 Å². The minimum Gasteiger partial charge on any atom is -0.447 e. The SMILES string of the molecule is C=C1c2cc(B(C)O)ccc2N=C(C)N1C. The zero-order chi connectivity index (χ0) is 11.9. The Morgan fingerprint density at radius 2 is 2.12 bits per heavy atom. The highest BCUT2D eigenvalue weighted by Crippen LogP contribution is 2.31. The second-order valence-corrected chi connectivity index (χ2v) is 4.12. The number of fused-ring (bicyclic) bond motifs is 1. The van der Waals surface area contributed by atoms with Gasteiger partial charge in [-0.15, -0.1) is 0 Å². The van der Waals surface area contributed by atoms with E-state index in [2.05, 4.69) is 11.6 Å². The highest BCUT2D eigenvalue weighted by atomic mass is 16.2. The van der Waals surface area contributed by atoms with Gasteiger partial charge >= 0.3 is 6.92 Å². The molecule has 1 aliphatic heterocycles. The van der Waals surface area contributed by atoms with Gasteiger partial charge < -0.3 is 9.92 Å². The molecule has 0 aliphatic carbocycles. The lowest BCUT2D eigenvalue weighted by Gasteiger charge is -2.27. The summed E-state index contributed by atoms with van der Waals surface area (Å²) < 4.78 is 0. The van der Waals surface area contributed by atoms with Crippen molar-refractivity contribution in [1.29, 1.82) is 0 Å². The molecule has 82 valence electrons. The van der Waals surface area contributed by atoms with Crippen LogP contribution in [0.5, 0.6) is 0 Å². The van der Waals surface area contributed by atoms with Crippen molar-refractivity contribution in [3.05, 3.63) is 30.3 Å². The first-order valence-electron chi connectivity index (χ1n) is 5.31. The summed E-state index contributed by atoms with van der Waals surface area (Å²) in [6.45, 7) is 7.30. The first kappa shape index (κ1) is 11.0. The third-order valence-corrected chi connectivity index (χ3v) is 2.99. The molecule has 2 rings (SSSR count). The Morgan fingerprint density at radius 3 is 2.75 bits per heavy atom. The van der Waals surface area contributed by atoms with Gasteiger partial charge in [-0.1, -0.05) is 25.5 Å². The first-order chi connectivity index (χ1) is 7.50. The number of amidine groups is 1. The highest BCUT2D eigenvalue weighted by molar-refractivity contribution is 6.64. The molecular formula is C12H15BN2O. The summed E-state index contributed by atoms with van der Waals surface area (Å²) in [6.07, 6.45) is 0. The van der Waals surface area contributed by atoms with E-state index < -0.39 is 6.92 Å². The van der Waals surface area contributed by atoms with E-state index in [9.17, 15) is 5.02 Å². The fraction of sp³-hybridized carbons (Fsp3) is 0.250. The number of hydrogen-bond donors (Lipinski definition) is 1. The molecule has 1 aromatic rings. The lowest BCUT2D eigenvalue weighted by molar-refractivity contribution is 0.594. The Kier molecular flexibility index (Phi) is 2.60. The summed E-state index contributed by atoms with van der Waals surface area (Å²) in [5.74, 6) is 0.933. The van der Waals surface area contributed by atoms with Gasteiger partial charge in [-0.2, -0.15) is 0 Å². The van der Waals surface area contributed by atoms with Crippen molar-refractivity contribution in [2.75, 3.05) is 7.05 Å². The van der Waals surface area contributed by atoms with Crippen molar-refractivity contribution in [3.63, 3.8) is 0 Å². The van der Waals surface area contributed by atoms with Crippen LogP contribution in [0.2, 0.25) is 6.82 Å². The van der Waals surface area contributed by atoms with Gasteiger partial charge in [0.15, 0.2) is 0 Å². The maximum atomic E-state index is 9.55. The third kappa shape index (κ3) is 1.65. The minimum absolute atomic E-state index is 0.463. The van der Waals surface area contributed by atoms with E-state index >= 15 is 0 Å². The van der Waals surface area contributed by atoms with Gasteiger partial charge in [0, 0.05) is 18.3 Å². The van der Waals surface area contributed by atoms with Gasteiger partial charge in [-0.25, -0.2) is 4.99 Å². The highest BCUT2D eigenvalue weighted by Gasteiger charge is 2.19. The maximum Gasteiger partial charge on any atom is 0.320 e. The quantitative estimate of drug-likeness (QED) is 0.718. The molecule has 1 heterocycles. The maximum absolute atomic E-state index is 9.55. The largest absolute Gasteiger partial charge is 0.447 e. The van der Waals surface area contributed by atoms with Crippen LogP contribution in [0.25, 0.3) is 5.70 Å². The Labute approximate surface area is 96.2 Å². The van der Waals surface area contributed by atoms with Crippen molar-refractivity contribution >= 4 is 29.6 Å². The van der Waals surface area contributed by atoms with Crippen LogP contribution < -0.4 is 5.46 Å². The Hall–Kier alpha value is -1.55. The van der Waals surface area contributed by atoms with Crippen LogP contribution in [0.15, 0.2) is 29.8 Å². The molecule has 0 saturated carbocycles. The van der Waals surface area contributed by atoms with Crippen molar-refractivity contribution in [1.82, 2.24) is 4.90 Å². The van der Waals surface area contributed by atoms with Crippen LogP contribution in [0.1, 0.15) is 12.5 Å². The first-order valence-corrected chi connectivity index (χ1v) is 5.31. The van der Waals surface area contributed by atoms with Gasteiger partial charge in [0.05, 0.1) is 5.69 Å². The molecule has 0 saturated heterocycles. The molecule has 0 fully saturated rings. The molecule has 0 bridgehead atoms. The standard InChI is InChI=1S/C12H15BN2O/c1-8-11-7-10(13(3)16)5-6-12(11)14-9(2)15(8)4/h5-7,16H,1H2,2-4H3. The third-order valence-electron chi connectivity index (χ3n) is 2.99. The smallest absolute Gasteiger partial charge is 0.320 e. The van der Waals surface area contributed by atoms with E-state index in [1.165, 1.54) is 0 Å². The van der Waals surface area contributed by atoms with Gasteiger partial charge in [0.2, 0.25) is 0 Å². The van der Waals surface area contributed by atoms with Crippen LogP contribution in [0, 0.1) is 0 Å². The number of benzene rings is 1. The molecule has 0 aromatic heterocycles. The topological polar surface area (TPSA) is 35.8 Å². The fourth-order valence-corrected chi connectivity index (χ4v) is 1.77. The number of hydrogen-bond acceptors (Lipinski definition) is 3. The molecule has 0 atom stereocenters. The summed E-state index contributed by atoms with van der Waals surface area (Å²) in [5, 5.41) is 9.55. The van der Waals surface area contributed by atoms with Crippen LogP contribution in [-0.4, -0.2) is 29.7 Å². The van der Waals surface area contributed by atoms with Gasteiger partial charge in [-0.3, -0.25) is 0 Å². The molecule has 0 radical (unpaired) electrons. The van der Waals surface area contributed by atoms with Gasteiger partial charge in [-0.05, 0) is 18.5 Å². The van der Waals surface area contributed by atoms with Gasteiger partial charge in [0.1, 0.15) is 5.84 Å². The Bertz CT molecular complexity index is 480. The Morgan fingerprint density at radius 1 is 1.44 bits per heavy atom. The molecule has 4 heteroatoms. The van der Waals surface area contributed by atoms with E-state index in [1.54, 1.807) is 6.82 Å². The second-order valence-electron chi connectivity index (χ2n) is 4.12. The number of rotatable bonds is 1. The molecule has 0 spiro atoms. The molecule has 0 amide bonds. The molecular weight excluding hydrogens is 199 g/mol. The average molecular weight is 214 g/mol. The predicted octanol–water partition coefficient (Wildman–Crippen LogP) is 1.47. The molecule has 0 unspecified atom stereocenters. The molecule has 3 nitrogen and oxygen atoms in total. The number of nitrogens with zero attached hydrogens (tertiary/aromatic N) is 2. The van der Waals surface area contributed by atoms with Crippen molar-refractivity contribution < 1.29 is 5.02 Å². The van der Waals surface area contributed by atoms with Crippen molar-refractivity contribution in [2.45, 2.75) is 13.7 Å². The molecule has 1 N–H and O–H groups in total. The van der Waals surface area contributed by atoms with E-state index in [0.29, 0.717) is 0 Å². The van der Waals surface area contributed by atoms with Gasteiger partial charge in [0.25, 0.3) is 0 Å². The fourth-order valence-electron chi connectivity index (χ4n) is 1.77. The summed E-state index contributed by atoms with van der Waals surface area (Å²) in [4.78, 5) is 6.43. The molecule has 1 aromatic carbocycles. The monoisotopic (exact) mass is 214 g/mol. The summed E-state index contributed by atoms with van der Waals surface area (Å²) in [6, 6.07) is 5.78. The van der Waals surface area contributed by atoms with E-state index in [0.717, 1.165) is 28.2 Å². The zero-order valence-corrected chi connectivity index (χ0v) is 9.86. The minimum atomic E-state index is -0.463. The predicted molar refractivity (Wildman–Crippen MR) is 69.5 cm³/mol. The van der Waals surface area contributed by atoms with Crippen LogP contribution in [0.3, 0.4) is 0 Å². The summed E-state index contributed by atoms with van der Waals surface area (Å²) in [7, 11) is 1.94. The van der Waals surface area contributed by atoms with E-state index in [-0.39, 0.29) is 0 Å². The Balaban J connectivity index is 2.56. The molecule has 16 heavy (non-hydrogen) atoms. The number of aliphatic imine (C=N–C) groups is 1. The van der Waals surface area contributed by atoms with Crippen LogP contribution >= 0.6 is 0 Å². The van der Waals surface area contributed by atoms with Crippen LogP contribution in [0.4, 0.5) is 5.69 Å². The van der Waals surface area contributed by atoms with Crippen LogP contribution in [-0.2, 0) is 0 Å². The second kappa shape index (κ2) is 3.79. The normalized spacial score (nSPS) is 14.6. The van der Waals surface area contributed by atoms with E-state index in [1.807, 2.05) is 37.1 Å². The average Bonchev–Trinajstić information content (AvgIpc) is 2.25. The summed E-state index contributed by atoms with van der Waals surface area (Å²) >= 11 is 0. The lowest BCUT2D eigenvalue weighted by Crippen LogP contribution is -2.29. The lowest BCUT2D eigenvalue weighted by atomic mass is 9.64. The molecule has 1 aliphatic rings. The van der Waals surface area contributed by atoms with E-state index in [4.69, 9.17) is 0 Å². The summed E-state index contributed by atoms with van der Waals surface area (Å²) in [5.41, 5.74) is 3.73.